The molecule has 0 saturated carbocycles. The molecule has 29 heavy (non-hydrogen) atoms. The molecule has 0 atom stereocenters. The number of hydrogen-bond donors (Lipinski definition) is 1. The molecule has 0 saturated heterocycles. The molecule has 4 aromatic rings. The molecular formula is C25H22O4. The molecular weight excluding hydrogens is 364 g/mol. The van der Waals surface area contributed by atoms with Crippen LogP contribution in [0.5, 0.6) is 34.5 Å². The van der Waals surface area contributed by atoms with Gasteiger partial charge in [-0.1, -0.05) is 48.5 Å². The van der Waals surface area contributed by atoms with Gasteiger partial charge in [0.15, 0.2) is 0 Å². The lowest BCUT2D eigenvalue weighted by molar-refractivity contribution is 0.409. The van der Waals surface area contributed by atoms with Crippen molar-refractivity contribution < 1.29 is 19.3 Å². The van der Waals surface area contributed by atoms with E-state index in [2.05, 4.69) is 0 Å². The zero-order valence-corrected chi connectivity index (χ0v) is 16.1. The fraction of sp³-hybridized carbons (Fsp3) is 0.0400. The van der Waals surface area contributed by atoms with Gasteiger partial charge in [0.25, 0.3) is 0 Å². The zero-order chi connectivity index (χ0) is 20.3. The molecule has 0 spiro atoms. The molecule has 0 bridgehead atoms. The lowest BCUT2D eigenvalue weighted by Gasteiger charge is -2.06. The molecule has 4 heteroatoms. The van der Waals surface area contributed by atoms with Gasteiger partial charge in [0.2, 0.25) is 0 Å². The molecule has 4 aromatic carbocycles. The van der Waals surface area contributed by atoms with Crippen LogP contribution < -0.4 is 14.2 Å². The van der Waals surface area contributed by atoms with E-state index < -0.39 is 0 Å². The summed E-state index contributed by atoms with van der Waals surface area (Å²) in [7, 11) is 1.64. The molecule has 0 aromatic heterocycles. The molecule has 146 valence electrons. The van der Waals surface area contributed by atoms with E-state index >= 15 is 0 Å². The quantitative estimate of drug-likeness (QED) is 0.416. The predicted octanol–water partition coefficient (Wildman–Crippen LogP) is 6.67. The van der Waals surface area contributed by atoms with Gasteiger partial charge in [-0.3, -0.25) is 0 Å². The minimum absolute atomic E-state index is 0.207. The molecule has 4 rings (SSSR count). The van der Waals surface area contributed by atoms with Gasteiger partial charge in [-0.05, 0) is 48.5 Å². The fourth-order valence-electron chi connectivity index (χ4n) is 2.46. The van der Waals surface area contributed by atoms with Crippen molar-refractivity contribution in [1.29, 1.82) is 0 Å². The monoisotopic (exact) mass is 386 g/mol. The van der Waals surface area contributed by atoms with Crippen LogP contribution in [0.4, 0.5) is 0 Å². The van der Waals surface area contributed by atoms with Crippen molar-refractivity contribution in [2.75, 3.05) is 7.11 Å². The Hall–Kier alpha value is -3.92. The fourth-order valence-corrected chi connectivity index (χ4v) is 2.46. The summed E-state index contributed by atoms with van der Waals surface area (Å²) < 4.78 is 16.3. The second kappa shape index (κ2) is 10.4. The largest absolute Gasteiger partial charge is 0.508 e. The highest BCUT2D eigenvalue weighted by atomic mass is 16.5. The second-order valence-corrected chi connectivity index (χ2v) is 6.01. The van der Waals surface area contributed by atoms with Gasteiger partial charge >= 0.3 is 0 Å². The smallest absolute Gasteiger partial charge is 0.131 e. The van der Waals surface area contributed by atoms with Gasteiger partial charge in [0, 0.05) is 12.1 Å². The Bertz CT molecular complexity index is 1000. The summed E-state index contributed by atoms with van der Waals surface area (Å²) >= 11 is 0. The number of methoxy groups -OCH3 is 1. The minimum atomic E-state index is 0.207. The van der Waals surface area contributed by atoms with E-state index in [0.717, 1.165) is 23.0 Å². The topological polar surface area (TPSA) is 47.9 Å². The summed E-state index contributed by atoms with van der Waals surface area (Å²) in [6, 6.07) is 33.4. The van der Waals surface area contributed by atoms with Gasteiger partial charge < -0.3 is 19.3 Å². The van der Waals surface area contributed by atoms with Crippen LogP contribution in [-0.4, -0.2) is 12.2 Å². The zero-order valence-electron chi connectivity index (χ0n) is 16.1. The van der Waals surface area contributed by atoms with Crippen LogP contribution in [0.25, 0.3) is 0 Å². The number of para-hydroxylation sites is 2. The number of aromatic hydroxyl groups is 1. The van der Waals surface area contributed by atoms with Gasteiger partial charge in [-0.25, -0.2) is 0 Å². The first kappa shape index (κ1) is 19.8. The van der Waals surface area contributed by atoms with E-state index in [9.17, 15) is 5.11 Å². The maximum absolute atomic E-state index is 9.21. The number of hydrogen-bond acceptors (Lipinski definition) is 4. The van der Waals surface area contributed by atoms with Crippen LogP contribution in [0.1, 0.15) is 0 Å². The van der Waals surface area contributed by atoms with E-state index in [4.69, 9.17) is 14.2 Å². The van der Waals surface area contributed by atoms with Gasteiger partial charge in [0.05, 0.1) is 7.11 Å². The van der Waals surface area contributed by atoms with E-state index in [-0.39, 0.29) is 5.75 Å². The highest BCUT2D eigenvalue weighted by molar-refractivity contribution is 5.37. The molecule has 0 radical (unpaired) electrons. The van der Waals surface area contributed by atoms with Crippen molar-refractivity contribution in [3.05, 3.63) is 109 Å². The van der Waals surface area contributed by atoms with Gasteiger partial charge in [-0.2, -0.15) is 0 Å². The number of phenolic OH excluding ortho intramolecular Hbond substituents is 1. The highest BCUT2D eigenvalue weighted by Gasteiger charge is 1.98. The molecule has 0 unspecified atom stereocenters. The van der Waals surface area contributed by atoms with Crippen molar-refractivity contribution in [3.63, 3.8) is 0 Å². The highest BCUT2D eigenvalue weighted by Crippen LogP contribution is 2.25. The number of phenols is 1. The van der Waals surface area contributed by atoms with Crippen molar-refractivity contribution in [1.82, 2.24) is 0 Å². The van der Waals surface area contributed by atoms with E-state index in [1.165, 1.54) is 0 Å². The first-order valence-electron chi connectivity index (χ1n) is 9.12. The number of ether oxygens (including phenoxy) is 3. The van der Waals surface area contributed by atoms with Crippen LogP contribution >= 0.6 is 0 Å². The molecule has 0 aliphatic carbocycles. The standard InChI is InChI=1S/C13H12O2.C12H10O2/c1-14-12-8-5-9-13(10-12)15-11-6-3-2-4-7-11;13-10-5-4-8-12(9-10)14-11-6-2-1-3-7-11/h2-10H,1H3;1-9,13H. The minimum Gasteiger partial charge on any atom is -0.508 e. The molecule has 1 N–H and O–H groups in total. The third kappa shape index (κ3) is 6.63. The van der Waals surface area contributed by atoms with Crippen LogP contribution in [0.15, 0.2) is 109 Å². The Labute approximate surface area is 170 Å². The average Bonchev–Trinajstić information content (AvgIpc) is 2.76. The summed E-state index contributed by atoms with van der Waals surface area (Å²) in [5.74, 6) is 4.00. The average molecular weight is 386 g/mol. The molecule has 0 aliphatic rings. The lowest BCUT2D eigenvalue weighted by atomic mass is 10.3. The Morgan fingerprint density at radius 2 is 0.931 bits per heavy atom. The van der Waals surface area contributed by atoms with E-state index in [0.29, 0.717) is 5.75 Å². The SMILES string of the molecule is COc1cccc(Oc2ccccc2)c1.Oc1cccc(Oc2ccccc2)c1. The second-order valence-electron chi connectivity index (χ2n) is 6.01. The Morgan fingerprint density at radius 3 is 1.45 bits per heavy atom. The third-order valence-corrected chi connectivity index (χ3v) is 3.82. The summed E-state index contributed by atoms with van der Waals surface area (Å²) in [5.41, 5.74) is 0. The van der Waals surface area contributed by atoms with Crippen molar-refractivity contribution in [3.8, 4) is 34.5 Å². The molecule has 0 heterocycles. The molecule has 0 fully saturated rings. The molecule has 0 amide bonds. The number of rotatable bonds is 5. The lowest BCUT2D eigenvalue weighted by Crippen LogP contribution is -1.85. The van der Waals surface area contributed by atoms with E-state index in [1.54, 1.807) is 31.4 Å². The van der Waals surface area contributed by atoms with Crippen LogP contribution in [-0.2, 0) is 0 Å². The third-order valence-electron chi connectivity index (χ3n) is 3.82. The van der Waals surface area contributed by atoms with Crippen LogP contribution in [0.3, 0.4) is 0 Å². The summed E-state index contributed by atoms with van der Waals surface area (Å²) in [6.45, 7) is 0. The van der Waals surface area contributed by atoms with E-state index in [1.807, 2.05) is 84.9 Å². The first-order chi connectivity index (χ1) is 14.2. The first-order valence-corrected chi connectivity index (χ1v) is 9.12. The Kier molecular flexibility index (Phi) is 7.13. The number of benzene rings is 4. The van der Waals surface area contributed by atoms with Crippen LogP contribution in [0, 0.1) is 0 Å². The maximum atomic E-state index is 9.21. The van der Waals surface area contributed by atoms with Crippen LogP contribution in [0.2, 0.25) is 0 Å². The summed E-state index contributed by atoms with van der Waals surface area (Å²) in [6.07, 6.45) is 0. The van der Waals surface area contributed by atoms with Gasteiger partial charge in [-0.15, -0.1) is 0 Å². The normalized spacial score (nSPS) is 9.69. The van der Waals surface area contributed by atoms with Gasteiger partial charge in [0.1, 0.15) is 34.5 Å². The predicted molar refractivity (Wildman–Crippen MR) is 114 cm³/mol. The molecule has 4 nitrogen and oxygen atoms in total. The maximum Gasteiger partial charge on any atom is 0.131 e. The van der Waals surface area contributed by atoms with Crippen molar-refractivity contribution >= 4 is 0 Å². The Balaban J connectivity index is 0.000000166. The summed E-state index contributed by atoms with van der Waals surface area (Å²) in [5, 5.41) is 9.21. The summed E-state index contributed by atoms with van der Waals surface area (Å²) in [4.78, 5) is 0. The molecule has 0 aliphatic heterocycles. The van der Waals surface area contributed by atoms with Crippen molar-refractivity contribution in [2.24, 2.45) is 0 Å². The Morgan fingerprint density at radius 1 is 0.483 bits per heavy atom. The van der Waals surface area contributed by atoms with Crippen molar-refractivity contribution in [2.45, 2.75) is 0 Å².